The van der Waals surface area contributed by atoms with Crippen LogP contribution in [-0.4, -0.2) is 42.8 Å². The summed E-state index contributed by atoms with van der Waals surface area (Å²) in [5.74, 6) is 0. The van der Waals surface area contributed by atoms with E-state index in [1.54, 1.807) is 7.11 Å². The highest BCUT2D eigenvalue weighted by Gasteiger charge is 2.54. The summed E-state index contributed by atoms with van der Waals surface area (Å²) in [6.45, 7) is 6.23. The van der Waals surface area contributed by atoms with Crippen molar-refractivity contribution in [2.45, 2.75) is 56.3 Å². The zero-order valence-electron chi connectivity index (χ0n) is 9.58. The van der Waals surface area contributed by atoms with E-state index in [9.17, 15) is 10.2 Å². The number of aliphatic hydroxyl groups excluding tert-OH is 1. The first-order valence-electron chi connectivity index (χ1n) is 5.27. The van der Waals surface area contributed by atoms with Crippen LogP contribution in [0.2, 0.25) is 19.6 Å². The van der Waals surface area contributed by atoms with E-state index in [1.165, 1.54) is 0 Å². The van der Waals surface area contributed by atoms with Gasteiger partial charge in [-0.25, -0.2) is 0 Å². The maximum atomic E-state index is 10.6. The topological polar surface area (TPSA) is 49.7 Å². The van der Waals surface area contributed by atoms with E-state index in [0.29, 0.717) is 6.42 Å². The van der Waals surface area contributed by atoms with Crippen LogP contribution in [0.15, 0.2) is 0 Å². The Bertz CT molecular complexity index is 202. The minimum Gasteiger partial charge on any atom is -0.390 e. The van der Waals surface area contributed by atoms with Crippen molar-refractivity contribution in [3.05, 3.63) is 0 Å². The van der Waals surface area contributed by atoms with Crippen molar-refractivity contribution in [2.24, 2.45) is 0 Å². The summed E-state index contributed by atoms with van der Waals surface area (Å²) in [4.78, 5) is 0. The first-order chi connectivity index (χ1) is 6.34. The average Bonchev–Trinajstić information content (AvgIpc) is 2.08. The Morgan fingerprint density at radius 1 is 1.29 bits per heavy atom. The molecular weight excluding hydrogens is 196 g/mol. The second-order valence-electron chi connectivity index (χ2n) is 5.25. The van der Waals surface area contributed by atoms with Crippen molar-refractivity contribution in [1.29, 1.82) is 0 Å². The molecule has 0 aromatic heterocycles. The van der Waals surface area contributed by atoms with E-state index in [-0.39, 0.29) is 6.10 Å². The van der Waals surface area contributed by atoms with Crippen LogP contribution in [-0.2, 0) is 4.74 Å². The number of aliphatic hydroxyl groups is 2. The molecule has 0 radical (unpaired) electrons. The molecule has 1 aliphatic carbocycles. The summed E-state index contributed by atoms with van der Waals surface area (Å²) in [6.07, 6.45) is 1.67. The fourth-order valence-corrected chi connectivity index (χ4v) is 4.80. The van der Waals surface area contributed by atoms with Gasteiger partial charge >= 0.3 is 0 Å². The summed E-state index contributed by atoms with van der Waals surface area (Å²) >= 11 is 0. The molecule has 1 aliphatic rings. The third kappa shape index (κ3) is 1.76. The second-order valence-corrected chi connectivity index (χ2v) is 10.5. The van der Waals surface area contributed by atoms with Crippen molar-refractivity contribution in [3.63, 3.8) is 0 Å². The van der Waals surface area contributed by atoms with Crippen molar-refractivity contribution < 1.29 is 14.9 Å². The zero-order valence-corrected chi connectivity index (χ0v) is 10.6. The molecule has 0 amide bonds. The van der Waals surface area contributed by atoms with E-state index >= 15 is 0 Å². The summed E-state index contributed by atoms with van der Waals surface area (Å²) in [5.41, 5.74) is 0. The molecule has 1 fully saturated rings. The standard InChI is InChI=1S/C10H22O3Si/c1-13-9-7-5-6-8(11)10(9,12)14(2,3)4/h8-9,11-12H,5-7H2,1-4H3/t8-,9-,10+/m0/s1. The van der Waals surface area contributed by atoms with Gasteiger partial charge in [-0.1, -0.05) is 19.6 Å². The summed E-state index contributed by atoms with van der Waals surface area (Å²) in [5, 5.41) is 19.6. The number of ether oxygens (including phenoxy) is 1. The fourth-order valence-electron chi connectivity index (χ4n) is 2.43. The molecule has 0 saturated heterocycles. The van der Waals surface area contributed by atoms with Gasteiger partial charge in [-0.3, -0.25) is 0 Å². The average molecular weight is 218 g/mol. The van der Waals surface area contributed by atoms with Crippen LogP contribution >= 0.6 is 0 Å². The summed E-state index contributed by atoms with van der Waals surface area (Å²) < 4.78 is 5.33. The van der Waals surface area contributed by atoms with Crippen LogP contribution in [0.25, 0.3) is 0 Å². The van der Waals surface area contributed by atoms with Gasteiger partial charge in [0, 0.05) is 7.11 Å². The quantitative estimate of drug-likeness (QED) is 0.684. The largest absolute Gasteiger partial charge is 0.390 e. The highest BCUT2D eigenvalue weighted by atomic mass is 28.3. The molecule has 0 spiro atoms. The zero-order chi connectivity index (χ0) is 11.0. The lowest BCUT2D eigenvalue weighted by Gasteiger charge is -2.49. The summed E-state index contributed by atoms with van der Waals surface area (Å²) in [7, 11) is -0.228. The second kappa shape index (κ2) is 3.93. The minimum absolute atomic E-state index is 0.196. The lowest BCUT2D eigenvalue weighted by molar-refractivity contribution is -0.134. The minimum atomic E-state index is -1.85. The lowest BCUT2D eigenvalue weighted by Crippen LogP contribution is -2.68. The van der Waals surface area contributed by atoms with E-state index in [4.69, 9.17) is 4.74 Å². The Balaban J connectivity index is 2.98. The SMILES string of the molecule is CO[C@H]1CCC[C@H](O)[C@@]1(O)[Si](C)(C)C. The molecule has 0 unspecified atom stereocenters. The predicted molar refractivity (Wildman–Crippen MR) is 59.0 cm³/mol. The lowest BCUT2D eigenvalue weighted by atomic mass is 9.91. The van der Waals surface area contributed by atoms with Gasteiger partial charge < -0.3 is 14.9 Å². The number of hydrogen-bond donors (Lipinski definition) is 2. The van der Waals surface area contributed by atoms with E-state index in [0.717, 1.165) is 12.8 Å². The first-order valence-corrected chi connectivity index (χ1v) is 8.77. The molecule has 0 heterocycles. The van der Waals surface area contributed by atoms with Crippen LogP contribution in [0.1, 0.15) is 19.3 Å². The third-order valence-corrected chi connectivity index (χ3v) is 6.49. The normalized spacial score (nSPS) is 39.9. The van der Waals surface area contributed by atoms with Crippen LogP contribution < -0.4 is 0 Å². The number of rotatable bonds is 2. The molecule has 0 aromatic rings. The fraction of sp³-hybridized carbons (Fsp3) is 1.00. The number of hydrogen-bond acceptors (Lipinski definition) is 3. The van der Waals surface area contributed by atoms with Gasteiger partial charge in [0.05, 0.1) is 20.3 Å². The van der Waals surface area contributed by atoms with Crippen LogP contribution in [0, 0.1) is 0 Å². The molecule has 84 valence electrons. The molecule has 3 atom stereocenters. The van der Waals surface area contributed by atoms with Gasteiger partial charge in [0.15, 0.2) is 0 Å². The van der Waals surface area contributed by atoms with Crippen LogP contribution in [0.5, 0.6) is 0 Å². The van der Waals surface area contributed by atoms with Gasteiger partial charge in [0.1, 0.15) is 5.22 Å². The maximum absolute atomic E-state index is 10.6. The first kappa shape index (κ1) is 12.2. The van der Waals surface area contributed by atoms with E-state index in [2.05, 4.69) is 19.6 Å². The van der Waals surface area contributed by atoms with Gasteiger partial charge in [-0.05, 0) is 19.3 Å². The highest BCUT2D eigenvalue weighted by Crippen LogP contribution is 2.37. The van der Waals surface area contributed by atoms with Crippen LogP contribution in [0.3, 0.4) is 0 Å². The number of methoxy groups -OCH3 is 1. The molecular formula is C10H22O3Si. The Hall–Kier alpha value is 0.0969. The molecule has 3 nitrogen and oxygen atoms in total. The van der Waals surface area contributed by atoms with Gasteiger partial charge in [-0.2, -0.15) is 0 Å². The van der Waals surface area contributed by atoms with Crippen molar-refractivity contribution in [1.82, 2.24) is 0 Å². The molecule has 1 saturated carbocycles. The Morgan fingerprint density at radius 2 is 1.86 bits per heavy atom. The molecule has 0 bridgehead atoms. The third-order valence-electron chi connectivity index (χ3n) is 3.43. The van der Waals surface area contributed by atoms with Crippen molar-refractivity contribution in [2.75, 3.05) is 7.11 Å². The van der Waals surface area contributed by atoms with Gasteiger partial charge in [0.2, 0.25) is 0 Å². The maximum Gasteiger partial charge on any atom is 0.105 e. The molecule has 0 aliphatic heterocycles. The summed E-state index contributed by atoms with van der Waals surface area (Å²) in [6, 6.07) is 0. The van der Waals surface area contributed by atoms with E-state index in [1.807, 2.05) is 0 Å². The smallest absolute Gasteiger partial charge is 0.105 e. The molecule has 2 N–H and O–H groups in total. The molecule has 14 heavy (non-hydrogen) atoms. The molecule has 4 heteroatoms. The van der Waals surface area contributed by atoms with Crippen molar-refractivity contribution >= 4 is 8.07 Å². The van der Waals surface area contributed by atoms with Gasteiger partial charge in [0.25, 0.3) is 0 Å². The molecule has 1 rings (SSSR count). The molecule has 0 aromatic carbocycles. The van der Waals surface area contributed by atoms with Gasteiger partial charge in [-0.15, -0.1) is 0 Å². The predicted octanol–water partition coefficient (Wildman–Crippen LogP) is 1.15. The Labute approximate surface area is 87.1 Å². The monoisotopic (exact) mass is 218 g/mol. The van der Waals surface area contributed by atoms with Crippen LogP contribution in [0.4, 0.5) is 0 Å². The van der Waals surface area contributed by atoms with E-state index < -0.39 is 19.4 Å². The Morgan fingerprint density at radius 3 is 2.21 bits per heavy atom. The Kier molecular flexibility index (Phi) is 3.41. The highest BCUT2D eigenvalue weighted by molar-refractivity contribution is 6.79. The van der Waals surface area contributed by atoms with Crippen molar-refractivity contribution in [3.8, 4) is 0 Å².